The Kier molecular flexibility index (Phi) is 3.84. The molecule has 1 heterocycles. The van der Waals surface area contributed by atoms with Gasteiger partial charge < -0.3 is 14.2 Å². The highest BCUT2D eigenvalue weighted by molar-refractivity contribution is 6.20. The second-order valence-electron chi connectivity index (χ2n) is 3.88. The summed E-state index contributed by atoms with van der Waals surface area (Å²) < 4.78 is 14.2. The maximum atomic E-state index is 12.0. The smallest absolute Gasteiger partial charge is 0.347 e. The summed E-state index contributed by atoms with van der Waals surface area (Å²) in [5.74, 6) is -3.79. The third-order valence-corrected chi connectivity index (χ3v) is 2.63. The van der Waals surface area contributed by atoms with Crippen LogP contribution < -0.4 is 4.74 Å². The van der Waals surface area contributed by atoms with Crippen LogP contribution in [0.15, 0.2) is 24.8 Å². The first-order valence-corrected chi connectivity index (χ1v) is 5.94. The van der Waals surface area contributed by atoms with Crippen molar-refractivity contribution in [1.29, 1.82) is 0 Å². The van der Waals surface area contributed by atoms with E-state index in [1.807, 2.05) is 0 Å². The number of carbonyl (C=O) groups is 4. The molecule has 7 heteroatoms. The van der Waals surface area contributed by atoms with E-state index < -0.39 is 23.9 Å². The highest BCUT2D eigenvalue weighted by Gasteiger charge is 2.37. The van der Waals surface area contributed by atoms with Crippen LogP contribution in [0.4, 0.5) is 0 Å². The molecule has 21 heavy (non-hydrogen) atoms. The maximum absolute atomic E-state index is 12.0. The molecule has 0 radical (unpaired) electrons. The van der Waals surface area contributed by atoms with Gasteiger partial charge in [-0.05, 0) is 19.1 Å². The first-order valence-electron chi connectivity index (χ1n) is 5.94. The number of benzene rings is 1. The summed E-state index contributed by atoms with van der Waals surface area (Å²) in [7, 11) is 0. The van der Waals surface area contributed by atoms with Crippen LogP contribution in [0.3, 0.4) is 0 Å². The predicted octanol–water partition coefficient (Wildman–Crippen LogP) is 1.27. The van der Waals surface area contributed by atoms with Crippen LogP contribution >= 0.6 is 0 Å². The van der Waals surface area contributed by atoms with Gasteiger partial charge in [0.1, 0.15) is 11.3 Å². The molecule has 1 aliphatic rings. The number of ether oxygens (including phenoxy) is 3. The van der Waals surface area contributed by atoms with Crippen LogP contribution in [-0.2, 0) is 14.3 Å². The fraction of sp³-hybridized carbons (Fsp3) is 0.143. The quantitative estimate of drug-likeness (QED) is 0.356. The van der Waals surface area contributed by atoms with E-state index in [9.17, 15) is 19.2 Å². The minimum Gasteiger partial charge on any atom is -0.462 e. The molecule has 0 saturated heterocycles. The zero-order valence-electron chi connectivity index (χ0n) is 11.0. The summed E-state index contributed by atoms with van der Waals surface area (Å²) in [6.07, 6.45) is 0.894. The highest BCUT2D eigenvalue weighted by Crippen LogP contribution is 2.31. The van der Waals surface area contributed by atoms with Crippen LogP contribution in [0.25, 0.3) is 0 Å². The van der Waals surface area contributed by atoms with Gasteiger partial charge in [0.05, 0.1) is 17.7 Å². The van der Waals surface area contributed by atoms with Crippen molar-refractivity contribution in [3.63, 3.8) is 0 Å². The van der Waals surface area contributed by atoms with E-state index in [0.29, 0.717) is 0 Å². The molecule has 1 aromatic rings. The minimum atomic E-state index is -0.991. The number of cyclic esters (lactones) is 2. The molecule has 1 aromatic carbocycles. The number of rotatable bonds is 4. The Balaban J connectivity index is 2.62. The molecule has 0 fully saturated rings. The third kappa shape index (κ3) is 2.53. The lowest BCUT2D eigenvalue weighted by Crippen LogP contribution is -2.15. The molecule has 0 spiro atoms. The van der Waals surface area contributed by atoms with E-state index in [1.165, 1.54) is 12.1 Å². The van der Waals surface area contributed by atoms with Crippen LogP contribution in [-0.4, -0.2) is 30.5 Å². The number of carbonyl (C=O) groups excluding carboxylic acids is 4. The van der Waals surface area contributed by atoms with Gasteiger partial charge in [0.2, 0.25) is 0 Å². The molecule has 0 aromatic heterocycles. The average molecular weight is 290 g/mol. The molecule has 0 saturated carbocycles. The molecule has 0 N–H and O–H groups in total. The topological polar surface area (TPSA) is 96.0 Å². The van der Waals surface area contributed by atoms with E-state index in [4.69, 9.17) is 9.47 Å². The molecular weight excluding hydrogens is 280 g/mol. The second kappa shape index (κ2) is 5.58. The second-order valence-corrected chi connectivity index (χ2v) is 3.88. The van der Waals surface area contributed by atoms with Gasteiger partial charge in [-0.1, -0.05) is 6.58 Å². The summed E-state index contributed by atoms with van der Waals surface area (Å²) in [6.45, 7) is 4.84. The molecule has 0 unspecified atom stereocenters. The standard InChI is InChI=1S/C14H10O7/c1-3-9(15)20-8-6-5-7-10(14(18)21-12(7)16)11(8)13(17)19-4-2/h3,5-6H,1,4H2,2H3. The van der Waals surface area contributed by atoms with Gasteiger partial charge in [0.15, 0.2) is 0 Å². The van der Waals surface area contributed by atoms with Gasteiger partial charge in [-0.25, -0.2) is 19.2 Å². The number of hydrogen-bond donors (Lipinski definition) is 0. The molecule has 1 aliphatic heterocycles. The van der Waals surface area contributed by atoms with Gasteiger partial charge >= 0.3 is 23.9 Å². The SMILES string of the molecule is C=CC(=O)Oc1ccc2c(c1C(=O)OCC)C(=O)OC2=O. The molecule has 0 atom stereocenters. The maximum Gasteiger partial charge on any atom is 0.347 e. The molecular formula is C14H10O7. The number of hydrogen-bond acceptors (Lipinski definition) is 7. The summed E-state index contributed by atoms with van der Waals surface area (Å²) in [6, 6.07) is 2.45. The van der Waals surface area contributed by atoms with Crippen LogP contribution in [0.1, 0.15) is 38.0 Å². The summed E-state index contributed by atoms with van der Waals surface area (Å²) in [5.41, 5.74) is -0.672. The Morgan fingerprint density at radius 1 is 1.29 bits per heavy atom. The number of esters is 4. The van der Waals surface area contributed by atoms with E-state index in [1.54, 1.807) is 6.92 Å². The molecule has 2 rings (SSSR count). The average Bonchev–Trinajstić information content (AvgIpc) is 2.74. The van der Waals surface area contributed by atoms with Crippen molar-refractivity contribution < 1.29 is 33.4 Å². The summed E-state index contributed by atoms with van der Waals surface area (Å²) in [5, 5.41) is 0. The Bertz CT molecular complexity index is 672. The largest absolute Gasteiger partial charge is 0.462 e. The fourth-order valence-corrected chi connectivity index (χ4v) is 1.80. The van der Waals surface area contributed by atoms with Crippen molar-refractivity contribution in [2.24, 2.45) is 0 Å². The van der Waals surface area contributed by atoms with Gasteiger partial charge in [-0.15, -0.1) is 0 Å². The van der Waals surface area contributed by atoms with Gasteiger partial charge in [0, 0.05) is 6.08 Å². The molecule has 7 nitrogen and oxygen atoms in total. The lowest BCUT2D eigenvalue weighted by atomic mass is 10.0. The van der Waals surface area contributed by atoms with E-state index in [-0.39, 0.29) is 29.0 Å². The van der Waals surface area contributed by atoms with Gasteiger partial charge in [-0.2, -0.15) is 0 Å². The van der Waals surface area contributed by atoms with E-state index >= 15 is 0 Å². The zero-order valence-corrected chi connectivity index (χ0v) is 11.0. The van der Waals surface area contributed by atoms with Crippen molar-refractivity contribution in [3.8, 4) is 5.75 Å². The van der Waals surface area contributed by atoms with E-state index in [2.05, 4.69) is 11.3 Å². The normalized spacial score (nSPS) is 12.4. The third-order valence-electron chi connectivity index (χ3n) is 2.63. The Hall–Kier alpha value is -2.96. The van der Waals surface area contributed by atoms with Crippen molar-refractivity contribution in [2.75, 3.05) is 6.61 Å². The highest BCUT2D eigenvalue weighted by atomic mass is 16.6. The van der Waals surface area contributed by atoms with Crippen LogP contribution in [0.5, 0.6) is 5.75 Å². The number of fused-ring (bicyclic) bond motifs is 1. The first kappa shape index (κ1) is 14.4. The minimum absolute atomic E-state index is 0.0420. The van der Waals surface area contributed by atoms with Crippen LogP contribution in [0.2, 0.25) is 0 Å². The van der Waals surface area contributed by atoms with Crippen molar-refractivity contribution in [2.45, 2.75) is 6.92 Å². The summed E-state index contributed by atoms with van der Waals surface area (Å²) >= 11 is 0. The lowest BCUT2D eigenvalue weighted by Gasteiger charge is -2.10. The van der Waals surface area contributed by atoms with Crippen molar-refractivity contribution in [1.82, 2.24) is 0 Å². The van der Waals surface area contributed by atoms with Gasteiger partial charge in [-0.3, -0.25) is 0 Å². The van der Waals surface area contributed by atoms with Crippen molar-refractivity contribution in [3.05, 3.63) is 41.5 Å². The Morgan fingerprint density at radius 3 is 2.62 bits per heavy atom. The zero-order chi connectivity index (χ0) is 15.6. The first-order chi connectivity index (χ1) is 9.99. The molecule has 0 amide bonds. The Labute approximate surface area is 119 Å². The lowest BCUT2D eigenvalue weighted by molar-refractivity contribution is -0.129. The fourth-order valence-electron chi connectivity index (χ4n) is 1.80. The molecule has 108 valence electrons. The Morgan fingerprint density at radius 2 is 2.00 bits per heavy atom. The monoisotopic (exact) mass is 290 g/mol. The van der Waals surface area contributed by atoms with E-state index in [0.717, 1.165) is 6.08 Å². The molecule has 0 bridgehead atoms. The molecule has 0 aliphatic carbocycles. The van der Waals surface area contributed by atoms with Crippen molar-refractivity contribution >= 4 is 23.9 Å². The van der Waals surface area contributed by atoms with Gasteiger partial charge in [0.25, 0.3) is 0 Å². The predicted molar refractivity (Wildman–Crippen MR) is 68.0 cm³/mol. The van der Waals surface area contributed by atoms with Crippen LogP contribution in [0, 0.1) is 0 Å². The summed E-state index contributed by atoms with van der Waals surface area (Å²) in [4.78, 5) is 46.5.